The molecule has 10 heteroatoms. The molecule has 0 aliphatic carbocycles. The van der Waals surface area contributed by atoms with Crippen LogP contribution < -0.4 is 5.32 Å². The van der Waals surface area contributed by atoms with E-state index in [2.05, 4.69) is 25.2 Å². The number of benzene rings is 2. The van der Waals surface area contributed by atoms with Crippen molar-refractivity contribution in [1.29, 1.82) is 0 Å². The Morgan fingerprint density at radius 1 is 1.14 bits per heavy atom. The number of halogens is 2. The van der Waals surface area contributed by atoms with Gasteiger partial charge in [-0.05, 0) is 50.3 Å². The molecule has 4 aromatic rings. The van der Waals surface area contributed by atoms with Gasteiger partial charge in [-0.2, -0.15) is 0 Å². The van der Waals surface area contributed by atoms with Gasteiger partial charge in [0.05, 0.1) is 17.0 Å². The monoisotopic (exact) mass is 492 g/mol. The Hall–Kier alpha value is -4.05. The lowest BCUT2D eigenvalue weighted by Crippen LogP contribution is -2.33. The Balaban J connectivity index is 1.41. The molecule has 3 N–H and O–H groups in total. The molecule has 1 aliphatic heterocycles. The third-order valence-corrected chi connectivity index (χ3v) is 6.40. The SMILES string of the molecule is CN(C)CCN1CCC(c2ccc(Nc3nc(-c4c(F)cccc4F)nc4c[nH]c(O)c34)cc2)C1=O. The summed E-state index contributed by atoms with van der Waals surface area (Å²) < 4.78 is 28.8. The minimum Gasteiger partial charge on any atom is -0.494 e. The number of fused-ring (bicyclic) bond motifs is 1. The summed E-state index contributed by atoms with van der Waals surface area (Å²) in [6.45, 7) is 2.26. The van der Waals surface area contributed by atoms with E-state index in [1.54, 1.807) is 0 Å². The van der Waals surface area contributed by atoms with Crippen molar-refractivity contribution in [3.63, 3.8) is 0 Å². The van der Waals surface area contributed by atoms with Gasteiger partial charge in [0.1, 0.15) is 22.8 Å². The maximum Gasteiger partial charge on any atom is 0.230 e. The predicted molar refractivity (Wildman–Crippen MR) is 133 cm³/mol. The molecule has 0 spiro atoms. The Morgan fingerprint density at radius 2 is 1.86 bits per heavy atom. The van der Waals surface area contributed by atoms with Crippen LogP contribution in [0.15, 0.2) is 48.7 Å². The van der Waals surface area contributed by atoms with E-state index in [1.807, 2.05) is 43.3 Å². The number of likely N-dealkylation sites (N-methyl/N-ethyl adjacent to an activating group) is 1. The largest absolute Gasteiger partial charge is 0.494 e. The number of nitrogens with zero attached hydrogens (tertiary/aromatic N) is 4. The second-order valence-electron chi connectivity index (χ2n) is 9.11. The molecule has 1 atom stereocenters. The number of aromatic amines is 1. The number of hydrogen-bond acceptors (Lipinski definition) is 6. The van der Waals surface area contributed by atoms with Crippen LogP contribution in [-0.2, 0) is 4.79 Å². The van der Waals surface area contributed by atoms with Gasteiger partial charge in [0.2, 0.25) is 11.8 Å². The number of hydrogen-bond donors (Lipinski definition) is 3. The van der Waals surface area contributed by atoms with Crippen LogP contribution in [0.5, 0.6) is 5.88 Å². The van der Waals surface area contributed by atoms with Crippen molar-refractivity contribution in [2.24, 2.45) is 0 Å². The second-order valence-corrected chi connectivity index (χ2v) is 9.11. The Labute approximate surface area is 206 Å². The fourth-order valence-electron chi connectivity index (χ4n) is 4.47. The van der Waals surface area contributed by atoms with Crippen LogP contribution in [-0.4, -0.2) is 69.5 Å². The van der Waals surface area contributed by atoms with E-state index in [0.717, 1.165) is 37.2 Å². The molecule has 3 heterocycles. The van der Waals surface area contributed by atoms with Crippen LogP contribution >= 0.6 is 0 Å². The zero-order valence-corrected chi connectivity index (χ0v) is 19.9. The third kappa shape index (κ3) is 4.47. The molecule has 1 saturated heterocycles. The highest BCUT2D eigenvalue weighted by Crippen LogP contribution is 2.35. The van der Waals surface area contributed by atoms with E-state index in [4.69, 9.17) is 0 Å². The second kappa shape index (κ2) is 9.54. The van der Waals surface area contributed by atoms with Crippen molar-refractivity contribution < 1.29 is 18.7 Å². The van der Waals surface area contributed by atoms with Crippen LogP contribution in [0.3, 0.4) is 0 Å². The maximum absolute atomic E-state index is 14.4. The summed E-state index contributed by atoms with van der Waals surface area (Å²) in [6.07, 6.45) is 2.21. The number of amides is 1. The number of nitrogens with one attached hydrogen (secondary N) is 2. The minimum atomic E-state index is -0.787. The normalized spacial score (nSPS) is 15.9. The lowest BCUT2D eigenvalue weighted by molar-refractivity contribution is -0.129. The molecule has 1 fully saturated rings. The molecule has 0 radical (unpaired) electrons. The first-order valence-corrected chi connectivity index (χ1v) is 11.6. The molecule has 0 saturated carbocycles. The standard InChI is InChI=1S/C26H26F2N6O2/c1-33(2)12-13-34-11-10-17(26(34)36)15-6-8-16(9-7-15)30-24-22-20(14-29-25(22)35)31-23(32-24)21-18(27)4-3-5-19(21)28/h3-9,14,17,29,35H,10-13H2,1-2H3,(H,30,31,32). The van der Waals surface area contributed by atoms with Crippen molar-refractivity contribution in [3.8, 4) is 17.3 Å². The smallest absolute Gasteiger partial charge is 0.230 e. The van der Waals surface area contributed by atoms with Gasteiger partial charge in [0.25, 0.3) is 0 Å². The van der Waals surface area contributed by atoms with Crippen LogP contribution in [0.4, 0.5) is 20.3 Å². The molecule has 0 bridgehead atoms. The van der Waals surface area contributed by atoms with Gasteiger partial charge < -0.3 is 25.2 Å². The van der Waals surface area contributed by atoms with Gasteiger partial charge in [-0.25, -0.2) is 18.7 Å². The number of aromatic hydroxyl groups is 1. The Morgan fingerprint density at radius 3 is 2.56 bits per heavy atom. The number of carbonyl (C=O) groups is 1. The Kier molecular flexibility index (Phi) is 6.27. The van der Waals surface area contributed by atoms with E-state index >= 15 is 0 Å². The first kappa shape index (κ1) is 23.7. The molecule has 5 rings (SSSR count). The highest BCUT2D eigenvalue weighted by Gasteiger charge is 2.32. The quantitative estimate of drug-likeness (QED) is 0.357. The summed E-state index contributed by atoms with van der Waals surface area (Å²) in [7, 11) is 3.97. The van der Waals surface area contributed by atoms with Crippen LogP contribution in [0.25, 0.3) is 22.3 Å². The van der Waals surface area contributed by atoms with Gasteiger partial charge in [-0.3, -0.25) is 4.79 Å². The van der Waals surface area contributed by atoms with Crippen LogP contribution in [0, 0.1) is 11.6 Å². The molecule has 2 aromatic carbocycles. The van der Waals surface area contributed by atoms with E-state index in [0.29, 0.717) is 23.1 Å². The number of aromatic nitrogens is 3. The van der Waals surface area contributed by atoms with Crippen molar-refractivity contribution >= 4 is 28.3 Å². The molecular formula is C26H26F2N6O2. The van der Waals surface area contributed by atoms with Crippen molar-refractivity contribution in [2.45, 2.75) is 12.3 Å². The first-order chi connectivity index (χ1) is 17.3. The lowest BCUT2D eigenvalue weighted by atomic mass is 9.97. The average Bonchev–Trinajstić information content (AvgIpc) is 3.40. The van der Waals surface area contributed by atoms with Crippen LogP contribution in [0.2, 0.25) is 0 Å². The van der Waals surface area contributed by atoms with E-state index in [1.165, 1.54) is 12.3 Å². The van der Waals surface area contributed by atoms with E-state index in [-0.39, 0.29) is 34.9 Å². The van der Waals surface area contributed by atoms with Gasteiger partial charge in [0.15, 0.2) is 5.82 Å². The lowest BCUT2D eigenvalue weighted by Gasteiger charge is -2.19. The molecule has 2 aromatic heterocycles. The zero-order chi connectivity index (χ0) is 25.4. The highest BCUT2D eigenvalue weighted by molar-refractivity contribution is 5.96. The van der Waals surface area contributed by atoms with Crippen molar-refractivity contribution in [3.05, 3.63) is 65.9 Å². The summed E-state index contributed by atoms with van der Waals surface area (Å²) >= 11 is 0. The molecule has 1 amide bonds. The summed E-state index contributed by atoms with van der Waals surface area (Å²) in [6, 6.07) is 10.9. The number of rotatable bonds is 7. The number of likely N-dealkylation sites (tertiary alicyclic amines) is 1. The van der Waals surface area contributed by atoms with Gasteiger partial charge in [0, 0.05) is 31.5 Å². The summed E-state index contributed by atoms with van der Waals surface area (Å²) in [5.41, 5.74) is 1.50. The molecular weight excluding hydrogens is 466 g/mol. The molecule has 1 aliphatic rings. The summed E-state index contributed by atoms with van der Waals surface area (Å²) in [5, 5.41) is 13.7. The van der Waals surface area contributed by atoms with E-state index < -0.39 is 11.6 Å². The molecule has 186 valence electrons. The number of carbonyl (C=O) groups excluding carboxylic acids is 1. The zero-order valence-electron chi connectivity index (χ0n) is 19.9. The highest BCUT2D eigenvalue weighted by atomic mass is 19.1. The number of anilines is 2. The minimum absolute atomic E-state index is 0.129. The van der Waals surface area contributed by atoms with E-state index in [9.17, 15) is 18.7 Å². The third-order valence-electron chi connectivity index (χ3n) is 6.40. The number of H-pyrrole nitrogens is 1. The van der Waals surface area contributed by atoms with Crippen molar-refractivity contribution in [1.82, 2.24) is 24.8 Å². The fraction of sp³-hybridized carbons (Fsp3) is 0.269. The topological polar surface area (TPSA) is 97.4 Å². The van der Waals surface area contributed by atoms with Gasteiger partial charge in [-0.15, -0.1) is 0 Å². The fourth-order valence-corrected chi connectivity index (χ4v) is 4.47. The molecule has 36 heavy (non-hydrogen) atoms. The predicted octanol–water partition coefficient (Wildman–Crippen LogP) is 4.23. The van der Waals surface area contributed by atoms with Gasteiger partial charge >= 0.3 is 0 Å². The Bertz CT molecular complexity index is 1400. The summed E-state index contributed by atoms with van der Waals surface area (Å²) in [5.74, 6) is -1.75. The van der Waals surface area contributed by atoms with Crippen molar-refractivity contribution in [2.75, 3.05) is 39.0 Å². The molecule has 8 nitrogen and oxygen atoms in total. The van der Waals surface area contributed by atoms with Gasteiger partial charge in [-0.1, -0.05) is 18.2 Å². The molecule has 1 unspecified atom stereocenters. The summed E-state index contributed by atoms with van der Waals surface area (Å²) in [4.78, 5) is 28.0. The average molecular weight is 493 g/mol. The van der Waals surface area contributed by atoms with Crippen LogP contribution in [0.1, 0.15) is 17.9 Å². The first-order valence-electron chi connectivity index (χ1n) is 11.6. The maximum atomic E-state index is 14.4.